The summed E-state index contributed by atoms with van der Waals surface area (Å²) in [5.41, 5.74) is 0. The van der Waals surface area contributed by atoms with Gasteiger partial charge in [-0.3, -0.25) is 0 Å². The number of nitrogens with zero attached hydrogens (tertiary/aromatic N) is 1. The number of aryl methyl sites for hydroxylation is 1. The van der Waals surface area contributed by atoms with Crippen LogP contribution >= 0.6 is 11.3 Å². The van der Waals surface area contributed by atoms with Crippen molar-refractivity contribution in [3.05, 3.63) is 16.1 Å². The Morgan fingerprint density at radius 3 is 2.89 bits per heavy atom. The molecule has 1 heterocycles. The maximum Gasteiger partial charge on any atom is 0.212 e. The quantitative estimate of drug-likeness (QED) is 0.701. The van der Waals surface area contributed by atoms with Crippen LogP contribution in [0.2, 0.25) is 0 Å². The molecule has 1 aliphatic rings. The molecule has 2 N–H and O–H groups in total. The van der Waals surface area contributed by atoms with E-state index >= 15 is 0 Å². The van der Waals surface area contributed by atoms with Crippen LogP contribution in [0.4, 0.5) is 0 Å². The van der Waals surface area contributed by atoms with Gasteiger partial charge < -0.3 is 5.32 Å². The fourth-order valence-corrected chi connectivity index (χ4v) is 3.43. The van der Waals surface area contributed by atoms with E-state index in [-0.39, 0.29) is 5.75 Å². The molecule has 7 heteroatoms. The molecular weight excluding hydrogens is 270 g/mol. The lowest BCUT2D eigenvalue weighted by Gasteiger charge is -2.05. The fraction of sp³-hybridized carbons (Fsp3) is 0.727. The molecule has 0 unspecified atom stereocenters. The van der Waals surface area contributed by atoms with Gasteiger partial charge in [0.15, 0.2) is 0 Å². The Labute approximate surface area is 112 Å². The van der Waals surface area contributed by atoms with Crippen LogP contribution in [0, 0.1) is 6.92 Å². The van der Waals surface area contributed by atoms with Gasteiger partial charge in [-0.25, -0.2) is 18.1 Å². The second-order valence-corrected chi connectivity index (χ2v) is 7.83. The van der Waals surface area contributed by atoms with Crippen molar-refractivity contribution < 1.29 is 8.42 Å². The zero-order valence-electron chi connectivity index (χ0n) is 10.5. The van der Waals surface area contributed by atoms with Crippen LogP contribution < -0.4 is 10.0 Å². The minimum atomic E-state index is -3.17. The second-order valence-electron chi connectivity index (χ2n) is 4.59. The van der Waals surface area contributed by atoms with Crippen molar-refractivity contribution in [2.45, 2.75) is 38.8 Å². The van der Waals surface area contributed by atoms with Crippen LogP contribution in [-0.4, -0.2) is 31.7 Å². The summed E-state index contributed by atoms with van der Waals surface area (Å²) in [7, 11) is -3.17. The first-order chi connectivity index (χ1) is 8.55. The van der Waals surface area contributed by atoms with Crippen LogP contribution in [0.25, 0.3) is 0 Å². The molecule has 0 atom stereocenters. The maximum absolute atomic E-state index is 11.7. The van der Waals surface area contributed by atoms with Gasteiger partial charge in [-0.1, -0.05) is 0 Å². The average Bonchev–Trinajstić information content (AvgIpc) is 3.04. The molecule has 0 bridgehead atoms. The molecular formula is C11H19N3O2S2. The van der Waals surface area contributed by atoms with E-state index in [1.807, 2.05) is 6.92 Å². The maximum atomic E-state index is 11.7. The summed E-state index contributed by atoms with van der Waals surface area (Å²) in [6.07, 6.45) is 4.87. The van der Waals surface area contributed by atoms with Crippen LogP contribution in [0.15, 0.2) is 6.20 Å². The molecule has 1 aromatic heterocycles. The molecule has 0 spiro atoms. The standard InChI is InChI=1S/C11H19N3O2S2/c1-9-7-13-11(17-9)8-14-18(15,16)6-2-5-12-10-3-4-10/h7,10,12,14H,2-6,8H2,1H3. The van der Waals surface area contributed by atoms with E-state index in [0.29, 0.717) is 19.0 Å². The summed E-state index contributed by atoms with van der Waals surface area (Å²) < 4.78 is 26.0. The van der Waals surface area contributed by atoms with Gasteiger partial charge in [0.25, 0.3) is 0 Å². The van der Waals surface area contributed by atoms with Gasteiger partial charge in [-0.05, 0) is 32.7 Å². The molecule has 0 aromatic carbocycles. The smallest absolute Gasteiger partial charge is 0.212 e. The molecule has 2 rings (SSSR count). The van der Waals surface area contributed by atoms with Crippen LogP contribution in [-0.2, 0) is 16.6 Å². The lowest BCUT2D eigenvalue weighted by atomic mass is 10.5. The second kappa shape index (κ2) is 6.10. The minimum absolute atomic E-state index is 0.178. The number of nitrogens with one attached hydrogen (secondary N) is 2. The zero-order valence-corrected chi connectivity index (χ0v) is 12.1. The van der Waals surface area contributed by atoms with E-state index in [1.54, 1.807) is 6.20 Å². The van der Waals surface area contributed by atoms with E-state index in [9.17, 15) is 8.42 Å². The number of rotatable bonds is 8. The zero-order chi connectivity index (χ0) is 13.0. The average molecular weight is 289 g/mol. The van der Waals surface area contributed by atoms with Crippen molar-refractivity contribution in [2.75, 3.05) is 12.3 Å². The first-order valence-electron chi connectivity index (χ1n) is 6.17. The Balaban J connectivity index is 1.66. The lowest BCUT2D eigenvalue weighted by Crippen LogP contribution is -2.28. The van der Waals surface area contributed by atoms with Crippen molar-refractivity contribution in [1.82, 2.24) is 15.0 Å². The summed E-state index contributed by atoms with van der Waals surface area (Å²) in [5, 5.41) is 4.12. The van der Waals surface area contributed by atoms with Crippen molar-refractivity contribution in [3.8, 4) is 0 Å². The summed E-state index contributed by atoms with van der Waals surface area (Å²) in [6, 6.07) is 0.638. The summed E-state index contributed by atoms with van der Waals surface area (Å²) in [4.78, 5) is 5.22. The third-order valence-corrected chi connectivity index (χ3v) is 5.04. The SMILES string of the molecule is Cc1cnc(CNS(=O)(=O)CCCNC2CC2)s1. The summed E-state index contributed by atoms with van der Waals surface area (Å²) in [6.45, 7) is 3.04. The highest BCUT2D eigenvalue weighted by Crippen LogP contribution is 2.18. The Bertz CT molecular complexity index is 480. The molecule has 0 radical (unpaired) electrons. The molecule has 5 nitrogen and oxygen atoms in total. The van der Waals surface area contributed by atoms with Gasteiger partial charge in [-0.15, -0.1) is 11.3 Å². The van der Waals surface area contributed by atoms with Crippen molar-refractivity contribution in [3.63, 3.8) is 0 Å². The van der Waals surface area contributed by atoms with E-state index in [2.05, 4.69) is 15.0 Å². The van der Waals surface area contributed by atoms with Crippen LogP contribution in [0.1, 0.15) is 29.1 Å². The molecule has 0 saturated heterocycles. The molecule has 102 valence electrons. The third-order valence-electron chi connectivity index (χ3n) is 2.71. The summed E-state index contributed by atoms with van der Waals surface area (Å²) >= 11 is 1.52. The number of hydrogen-bond acceptors (Lipinski definition) is 5. The monoisotopic (exact) mass is 289 g/mol. The number of aromatic nitrogens is 1. The molecule has 18 heavy (non-hydrogen) atoms. The Morgan fingerprint density at radius 2 is 2.28 bits per heavy atom. The molecule has 0 amide bonds. The molecule has 1 saturated carbocycles. The lowest BCUT2D eigenvalue weighted by molar-refractivity contribution is 0.574. The van der Waals surface area contributed by atoms with Gasteiger partial charge in [0, 0.05) is 17.1 Å². The minimum Gasteiger partial charge on any atom is -0.314 e. The van der Waals surface area contributed by atoms with Crippen molar-refractivity contribution in [1.29, 1.82) is 0 Å². The first-order valence-corrected chi connectivity index (χ1v) is 8.64. The van der Waals surface area contributed by atoms with Gasteiger partial charge in [0.05, 0.1) is 12.3 Å². The van der Waals surface area contributed by atoms with E-state index < -0.39 is 10.0 Å². The topological polar surface area (TPSA) is 71.1 Å². The largest absolute Gasteiger partial charge is 0.314 e. The predicted molar refractivity (Wildman–Crippen MR) is 73.1 cm³/mol. The van der Waals surface area contributed by atoms with Crippen LogP contribution in [0.3, 0.4) is 0 Å². The Hall–Kier alpha value is -0.500. The predicted octanol–water partition coefficient (Wildman–Crippen LogP) is 1.01. The highest BCUT2D eigenvalue weighted by atomic mass is 32.2. The normalized spacial score (nSPS) is 16.1. The molecule has 1 fully saturated rings. The van der Waals surface area contributed by atoms with Gasteiger partial charge in [-0.2, -0.15) is 0 Å². The number of thiazole rings is 1. The van der Waals surface area contributed by atoms with E-state index in [1.165, 1.54) is 24.2 Å². The highest BCUT2D eigenvalue weighted by Gasteiger charge is 2.20. The third kappa shape index (κ3) is 5.01. The first kappa shape index (κ1) is 13.9. The van der Waals surface area contributed by atoms with E-state index in [0.717, 1.165) is 16.4 Å². The Kier molecular flexibility index (Phi) is 4.71. The fourth-order valence-electron chi connectivity index (χ4n) is 1.58. The van der Waals surface area contributed by atoms with Crippen molar-refractivity contribution >= 4 is 21.4 Å². The van der Waals surface area contributed by atoms with Crippen molar-refractivity contribution in [2.24, 2.45) is 0 Å². The van der Waals surface area contributed by atoms with Gasteiger partial charge in [0.2, 0.25) is 10.0 Å². The Morgan fingerprint density at radius 1 is 1.50 bits per heavy atom. The number of sulfonamides is 1. The highest BCUT2D eigenvalue weighted by molar-refractivity contribution is 7.89. The number of hydrogen-bond donors (Lipinski definition) is 2. The molecule has 1 aliphatic carbocycles. The summed E-state index contributed by atoms with van der Waals surface area (Å²) in [5.74, 6) is 0.178. The van der Waals surface area contributed by atoms with Gasteiger partial charge >= 0.3 is 0 Å². The molecule has 0 aliphatic heterocycles. The van der Waals surface area contributed by atoms with Crippen LogP contribution in [0.5, 0.6) is 0 Å². The molecule has 1 aromatic rings. The van der Waals surface area contributed by atoms with E-state index in [4.69, 9.17) is 0 Å². The van der Waals surface area contributed by atoms with Gasteiger partial charge in [0.1, 0.15) is 5.01 Å².